The van der Waals surface area contributed by atoms with Gasteiger partial charge in [0.15, 0.2) is 0 Å². The molecule has 1 aromatic heterocycles. The molecular weight excluding hydrogens is 298 g/mol. The Morgan fingerprint density at radius 2 is 1.73 bits per heavy atom. The Kier molecular flexibility index (Phi) is 5.52. The minimum atomic E-state index is 0. The Labute approximate surface area is 136 Å². The summed E-state index contributed by atoms with van der Waals surface area (Å²) < 4.78 is 0. The van der Waals surface area contributed by atoms with E-state index in [9.17, 15) is 4.79 Å². The Hall–Kier alpha value is -1.91. The zero-order valence-electron chi connectivity index (χ0n) is 12.3. The fourth-order valence-electron chi connectivity index (χ4n) is 2.39. The normalized spacial score (nSPS) is 13.3. The number of nitrogens with zero attached hydrogens (tertiary/aromatic N) is 2. The molecule has 0 radical (unpaired) electrons. The van der Waals surface area contributed by atoms with Gasteiger partial charge in [0, 0.05) is 37.1 Å². The third-order valence-electron chi connectivity index (χ3n) is 3.79. The maximum atomic E-state index is 12.7. The molecule has 0 saturated heterocycles. The fourth-order valence-corrected chi connectivity index (χ4v) is 2.39. The molecule has 1 fully saturated rings. The fraction of sp³-hybridized carbons (Fsp3) is 0.294. The van der Waals surface area contributed by atoms with Gasteiger partial charge in [0.2, 0.25) is 0 Å². The predicted molar refractivity (Wildman–Crippen MR) is 88.7 cm³/mol. The van der Waals surface area contributed by atoms with Crippen LogP contribution in [0.5, 0.6) is 0 Å². The molecule has 0 aliphatic heterocycles. The van der Waals surface area contributed by atoms with Crippen molar-refractivity contribution >= 4 is 18.3 Å². The summed E-state index contributed by atoms with van der Waals surface area (Å²) in [4.78, 5) is 18.7. The summed E-state index contributed by atoms with van der Waals surface area (Å²) in [6, 6.07) is 11.9. The first kappa shape index (κ1) is 16.5. The molecule has 1 saturated carbocycles. The van der Waals surface area contributed by atoms with Crippen LogP contribution in [0.3, 0.4) is 0 Å². The van der Waals surface area contributed by atoms with Crippen molar-refractivity contribution in [1.29, 1.82) is 0 Å². The van der Waals surface area contributed by atoms with Crippen LogP contribution in [-0.2, 0) is 13.1 Å². The predicted octanol–water partition coefficient (Wildman–Crippen LogP) is 2.77. The van der Waals surface area contributed by atoms with E-state index in [2.05, 4.69) is 4.98 Å². The van der Waals surface area contributed by atoms with E-state index in [4.69, 9.17) is 5.73 Å². The number of hydrogen-bond donors (Lipinski definition) is 1. The summed E-state index contributed by atoms with van der Waals surface area (Å²) in [5.74, 6) is 0.0953. The monoisotopic (exact) mass is 317 g/mol. The summed E-state index contributed by atoms with van der Waals surface area (Å²) in [5, 5.41) is 0. The van der Waals surface area contributed by atoms with Crippen LogP contribution in [0.15, 0.2) is 48.8 Å². The van der Waals surface area contributed by atoms with Gasteiger partial charge >= 0.3 is 0 Å². The lowest BCUT2D eigenvalue weighted by atomic mass is 10.1. The highest BCUT2D eigenvalue weighted by Gasteiger charge is 2.32. The molecule has 3 rings (SSSR count). The third-order valence-corrected chi connectivity index (χ3v) is 3.79. The number of halogens is 1. The summed E-state index contributed by atoms with van der Waals surface area (Å²) in [6.45, 7) is 1.14. The first-order valence-corrected chi connectivity index (χ1v) is 7.27. The minimum absolute atomic E-state index is 0. The SMILES string of the molecule is Cl.NCc1ccc(C(=O)N(Cc2ccncc2)C2CC2)cc1. The standard InChI is InChI=1S/C17H19N3O.ClH/c18-11-13-1-3-15(4-2-13)17(21)20(16-5-6-16)12-14-7-9-19-10-8-14;/h1-4,7-10,16H,5-6,11-12,18H2;1H. The molecule has 1 heterocycles. The highest BCUT2D eigenvalue weighted by molar-refractivity contribution is 5.94. The van der Waals surface area contributed by atoms with E-state index < -0.39 is 0 Å². The van der Waals surface area contributed by atoms with Crippen LogP contribution in [-0.4, -0.2) is 21.8 Å². The Bertz CT molecular complexity index is 612. The van der Waals surface area contributed by atoms with Gasteiger partial charge in [-0.1, -0.05) is 12.1 Å². The summed E-state index contributed by atoms with van der Waals surface area (Å²) >= 11 is 0. The van der Waals surface area contributed by atoms with Gasteiger partial charge in [0.05, 0.1) is 0 Å². The van der Waals surface area contributed by atoms with Crippen LogP contribution in [0.4, 0.5) is 0 Å². The van der Waals surface area contributed by atoms with E-state index in [0.29, 0.717) is 19.1 Å². The van der Waals surface area contributed by atoms with Crippen molar-refractivity contribution in [3.63, 3.8) is 0 Å². The Balaban J connectivity index is 0.00000176. The number of amides is 1. The molecule has 0 unspecified atom stereocenters. The first-order chi connectivity index (χ1) is 10.3. The van der Waals surface area contributed by atoms with E-state index in [-0.39, 0.29) is 18.3 Å². The third kappa shape index (κ3) is 3.84. The van der Waals surface area contributed by atoms with Crippen molar-refractivity contribution in [2.75, 3.05) is 0 Å². The maximum Gasteiger partial charge on any atom is 0.254 e. The molecule has 2 aromatic rings. The quantitative estimate of drug-likeness (QED) is 0.922. The molecule has 0 atom stereocenters. The molecule has 1 aromatic carbocycles. The molecule has 0 bridgehead atoms. The van der Waals surface area contributed by atoms with Crippen molar-refractivity contribution in [1.82, 2.24) is 9.88 Å². The molecule has 1 amide bonds. The van der Waals surface area contributed by atoms with E-state index in [1.165, 1.54) is 0 Å². The van der Waals surface area contributed by atoms with Gasteiger partial charge in [-0.2, -0.15) is 0 Å². The van der Waals surface area contributed by atoms with Crippen LogP contribution in [0.2, 0.25) is 0 Å². The van der Waals surface area contributed by atoms with Gasteiger partial charge in [0.1, 0.15) is 0 Å². The van der Waals surface area contributed by atoms with Crippen molar-refractivity contribution in [2.45, 2.75) is 32.0 Å². The summed E-state index contributed by atoms with van der Waals surface area (Å²) in [5.41, 5.74) is 8.48. The second-order valence-electron chi connectivity index (χ2n) is 5.42. The molecular formula is C17H20ClN3O. The Morgan fingerprint density at radius 1 is 1.09 bits per heavy atom. The van der Waals surface area contributed by atoms with Gasteiger partial charge in [-0.05, 0) is 48.2 Å². The second kappa shape index (κ2) is 7.38. The Morgan fingerprint density at radius 3 is 2.27 bits per heavy atom. The van der Waals surface area contributed by atoms with E-state index in [0.717, 1.165) is 29.5 Å². The average Bonchev–Trinajstić information content (AvgIpc) is 3.38. The van der Waals surface area contributed by atoms with Gasteiger partial charge in [-0.3, -0.25) is 9.78 Å². The topological polar surface area (TPSA) is 59.2 Å². The number of benzene rings is 1. The molecule has 2 N–H and O–H groups in total. The number of rotatable bonds is 5. The lowest BCUT2D eigenvalue weighted by molar-refractivity contribution is 0.0730. The second-order valence-corrected chi connectivity index (χ2v) is 5.42. The molecule has 1 aliphatic rings. The van der Waals surface area contributed by atoms with Crippen LogP contribution < -0.4 is 5.73 Å². The van der Waals surface area contributed by atoms with E-state index in [1.807, 2.05) is 41.3 Å². The maximum absolute atomic E-state index is 12.7. The number of carbonyl (C=O) groups excluding carboxylic acids is 1. The number of hydrogen-bond acceptors (Lipinski definition) is 3. The highest BCUT2D eigenvalue weighted by Crippen LogP contribution is 2.29. The van der Waals surface area contributed by atoms with E-state index in [1.54, 1.807) is 12.4 Å². The van der Waals surface area contributed by atoms with E-state index >= 15 is 0 Å². The van der Waals surface area contributed by atoms with Crippen molar-refractivity contribution in [3.8, 4) is 0 Å². The van der Waals surface area contributed by atoms with Crippen molar-refractivity contribution in [2.24, 2.45) is 5.73 Å². The lowest BCUT2D eigenvalue weighted by Crippen LogP contribution is -2.32. The molecule has 116 valence electrons. The highest BCUT2D eigenvalue weighted by atomic mass is 35.5. The number of aromatic nitrogens is 1. The average molecular weight is 318 g/mol. The molecule has 1 aliphatic carbocycles. The largest absolute Gasteiger partial charge is 0.331 e. The van der Waals surface area contributed by atoms with Gasteiger partial charge in [0.25, 0.3) is 5.91 Å². The van der Waals surface area contributed by atoms with Gasteiger partial charge < -0.3 is 10.6 Å². The molecule has 4 nitrogen and oxygen atoms in total. The van der Waals surface area contributed by atoms with Crippen molar-refractivity contribution in [3.05, 3.63) is 65.5 Å². The number of nitrogens with two attached hydrogens (primary N) is 1. The molecule has 0 spiro atoms. The van der Waals surface area contributed by atoms with Crippen LogP contribution in [0, 0.1) is 0 Å². The minimum Gasteiger partial charge on any atom is -0.331 e. The van der Waals surface area contributed by atoms with Gasteiger partial charge in [-0.25, -0.2) is 0 Å². The zero-order chi connectivity index (χ0) is 14.7. The van der Waals surface area contributed by atoms with Crippen LogP contribution in [0.1, 0.15) is 34.3 Å². The summed E-state index contributed by atoms with van der Waals surface area (Å²) in [6.07, 6.45) is 5.72. The molecule has 22 heavy (non-hydrogen) atoms. The zero-order valence-corrected chi connectivity index (χ0v) is 13.1. The smallest absolute Gasteiger partial charge is 0.254 e. The number of carbonyl (C=O) groups is 1. The van der Waals surface area contributed by atoms with Crippen molar-refractivity contribution < 1.29 is 4.79 Å². The first-order valence-electron chi connectivity index (χ1n) is 7.27. The van der Waals surface area contributed by atoms with Crippen LogP contribution >= 0.6 is 12.4 Å². The summed E-state index contributed by atoms with van der Waals surface area (Å²) in [7, 11) is 0. The van der Waals surface area contributed by atoms with Crippen LogP contribution in [0.25, 0.3) is 0 Å². The molecule has 5 heteroatoms. The lowest BCUT2D eigenvalue weighted by Gasteiger charge is -2.22. The van der Waals surface area contributed by atoms with Gasteiger partial charge in [-0.15, -0.1) is 12.4 Å². The number of pyridine rings is 1.